The number of aliphatic hydroxyl groups is 6. The standard InChI is InChI=1S/C16H25N3O9/c20-6-10-9(22)1-2-12(27-10)26-4-3-8-5-19(18-17-8)16-15(25)14(24)13(23)11(7-21)28-16/h1-2,5,9-16,20-25H,3-4,6-7H2/t9-,10+,11+,12-,13+,14-,15+,16+/m0/s1. The fourth-order valence-corrected chi connectivity index (χ4v) is 3.01. The first-order valence-electron chi connectivity index (χ1n) is 8.90. The van der Waals surface area contributed by atoms with Crippen LogP contribution in [0.15, 0.2) is 18.3 Å². The van der Waals surface area contributed by atoms with Crippen molar-refractivity contribution < 1.29 is 44.8 Å². The zero-order chi connectivity index (χ0) is 20.3. The molecular weight excluding hydrogens is 378 g/mol. The highest BCUT2D eigenvalue weighted by Gasteiger charge is 2.44. The maximum absolute atomic E-state index is 10.1. The van der Waals surface area contributed by atoms with Gasteiger partial charge in [-0.3, -0.25) is 0 Å². The van der Waals surface area contributed by atoms with Gasteiger partial charge < -0.3 is 44.8 Å². The summed E-state index contributed by atoms with van der Waals surface area (Å²) in [7, 11) is 0. The molecule has 1 fully saturated rings. The van der Waals surface area contributed by atoms with E-state index in [1.165, 1.54) is 17.0 Å². The largest absolute Gasteiger partial charge is 0.394 e. The molecule has 1 aromatic rings. The van der Waals surface area contributed by atoms with Gasteiger partial charge in [-0.2, -0.15) is 0 Å². The summed E-state index contributed by atoms with van der Waals surface area (Å²) in [6.45, 7) is -0.662. The van der Waals surface area contributed by atoms with E-state index in [1.54, 1.807) is 6.08 Å². The normalized spacial score (nSPS) is 38.6. The number of nitrogens with zero attached hydrogens (tertiary/aromatic N) is 3. The zero-order valence-corrected chi connectivity index (χ0v) is 14.9. The Labute approximate surface area is 160 Å². The smallest absolute Gasteiger partial charge is 0.180 e. The van der Waals surface area contributed by atoms with E-state index in [0.29, 0.717) is 12.1 Å². The molecule has 12 heteroatoms. The first kappa shape index (κ1) is 21.2. The van der Waals surface area contributed by atoms with Crippen molar-refractivity contribution in [2.45, 2.75) is 55.6 Å². The molecule has 0 saturated carbocycles. The molecule has 2 aliphatic rings. The molecule has 0 bridgehead atoms. The van der Waals surface area contributed by atoms with Gasteiger partial charge in [-0.25, -0.2) is 4.68 Å². The van der Waals surface area contributed by atoms with Crippen LogP contribution in [0.1, 0.15) is 11.9 Å². The van der Waals surface area contributed by atoms with Gasteiger partial charge in [-0.05, 0) is 6.08 Å². The Hall–Kier alpha value is -1.48. The highest BCUT2D eigenvalue weighted by molar-refractivity contribution is 5.00. The fraction of sp³-hybridized carbons (Fsp3) is 0.750. The molecule has 3 heterocycles. The van der Waals surface area contributed by atoms with Gasteiger partial charge >= 0.3 is 0 Å². The van der Waals surface area contributed by atoms with Crippen LogP contribution in [0, 0.1) is 0 Å². The molecule has 12 nitrogen and oxygen atoms in total. The van der Waals surface area contributed by atoms with Crippen LogP contribution in [-0.4, -0.2) is 108 Å². The number of aliphatic hydroxyl groups excluding tert-OH is 6. The maximum Gasteiger partial charge on any atom is 0.180 e. The number of aromatic nitrogens is 3. The molecule has 0 radical (unpaired) electrons. The molecule has 0 aromatic carbocycles. The average Bonchev–Trinajstić information content (AvgIpc) is 3.16. The second-order valence-electron chi connectivity index (χ2n) is 6.63. The molecule has 2 aliphatic heterocycles. The van der Waals surface area contributed by atoms with Gasteiger partial charge in [-0.1, -0.05) is 11.3 Å². The van der Waals surface area contributed by atoms with Gasteiger partial charge in [0, 0.05) is 6.42 Å². The first-order valence-corrected chi connectivity index (χ1v) is 8.90. The molecule has 0 unspecified atom stereocenters. The summed E-state index contributed by atoms with van der Waals surface area (Å²) in [5.41, 5.74) is 0.510. The predicted molar refractivity (Wildman–Crippen MR) is 89.6 cm³/mol. The van der Waals surface area contributed by atoms with E-state index in [0.717, 1.165) is 0 Å². The van der Waals surface area contributed by atoms with Crippen molar-refractivity contribution in [3.8, 4) is 0 Å². The van der Waals surface area contributed by atoms with Crippen LogP contribution in [0.4, 0.5) is 0 Å². The van der Waals surface area contributed by atoms with E-state index in [4.69, 9.17) is 19.3 Å². The fourth-order valence-electron chi connectivity index (χ4n) is 3.01. The van der Waals surface area contributed by atoms with Crippen LogP contribution in [0.2, 0.25) is 0 Å². The van der Waals surface area contributed by atoms with Crippen LogP contribution in [0.25, 0.3) is 0 Å². The quantitative estimate of drug-likeness (QED) is 0.248. The van der Waals surface area contributed by atoms with Crippen molar-refractivity contribution in [3.05, 3.63) is 24.0 Å². The minimum Gasteiger partial charge on any atom is -0.394 e. The molecule has 1 saturated heterocycles. The van der Waals surface area contributed by atoms with Crippen molar-refractivity contribution in [1.29, 1.82) is 0 Å². The minimum atomic E-state index is -1.50. The van der Waals surface area contributed by atoms with E-state index in [9.17, 15) is 25.5 Å². The monoisotopic (exact) mass is 403 g/mol. The second-order valence-corrected chi connectivity index (χ2v) is 6.63. The lowest BCUT2D eigenvalue weighted by Crippen LogP contribution is -2.56. The summed E-state index contributed by atoms with van der Waals surface area (Å²) < 4.78 is 17.5. The Morgan fingerprint density at radius 3 is 2.43 bits per heavy atom. The van der Waals surface area contributed by atoms with Crippen LogP contribution < -0.4 is 0 Å². The summed E-state index contributed by atoms with van der Waals surface area (Å²) in [4.78, 5) is 0. The molecule has 6 N–H and O–H groups in total. The molecule has 1 aromatic heterocycles. The van der Waals surface area contributed by atoms with Gasteiger partial charge in [0.15, 0.2) is 12.5 Å². The zero-order valence-electron chi connectivity index (χ0n) is 14.9. The highest BCUT2D eigenvalue weighted by atomic mass is 16.7. The summed E-state index contributed by atoms with van der Waals surface area (Å²) >= 11 is 0. The van der Waals surface area contributed by atoms with Crippen LogP contribution in [0.3, 0.4) is 0 Å². The van der Waals surface area contributed by atoms with Crippen LogP contribution in [-0.2, 0) is 20.6 Å². The Morgan fingerprint density at radius 1 is 0.964 bits per heavy atom. The third kappa shape index (κ3) is 4.56. The first-order chi connectivity index (χ1) is 13.4. The molecule has 3 rings (SSSR count). The third-order valence-electron chi connectivity index (χ3n) is 4.66. The van der Waals surface area contributed by atoms with Gasteiger partial charge in [0.2, 0.25) is 0 Å². The van der Waals surface area contributed by atoms with Crippen molar-refractivity contribution in [2.75, 3.05) is 19.8 Å². The second kappa shape index (κ2) is 9.35. The van der Waals surface area contributed by atoms with Crippen molar-refractivity contribution in [3.63, 3.8) is 0 Å². The highest BCUT2D eigenvalue weighted by Crippen LogP contribution is 2.27. The minimum absolute atomic E-state index is 0.205. The van der Waals surface area contributed by atoms with Crippen molar-refractivity contribution >= 4 is 0 Å². The summed E-state index contributed by atoms with van der Waals surface area (Å²) in [5.74, 6) is 0. The molecule has 158 valence electrons. The summed E-state index contributed by atoms with van der Waals surface area (Å²) in [6.07, 6.45) is -4.03. The number of hydrogen-bond acceptors (Lipinski definition) is 11. The van der Waals surface area contributed by atoms with Crippen LogP contribution >= 0.6 is 0 Å². The van der Waals surface area contributed by atoms with Gasteiger partial charge in [-0.15, -0.1) is 5.10 Å². The SMILES string of the molecule is OC[C@H]1O[C@@H](n2cc(CCO[C@@H]3C=C[C@H](O)[C@@H](CO)O3)nn2)[C@H](O)[C@@H](O)[C@@H]1O. The third-order valence-corrected chi connectivity index (χ3v) is 4.66. The molecule has 0 aliphatic carbocycles. The lowest BCUT2D eigenvalue weighted by molar-refractivity contribution is -0.254. The van der Waals surface area contributed by atoms with E-state index in [-0.39, 0.29) is 13.2 Å². The Morgan fingerprint density at radius 2 is 1.71 bits per heavy atom. The topological polar surface area (TPSA) is 180 Å². The van der Waals surface area contributed by atoms with Gasteiger partial charge in [0.25, 0.3) is 0 Å². The Kier molecular flexibility index (Phi) is 7.09. The Balaban J connectivity index is 1.54. The van der Waals surface area contributed by atoms with Crippen LogP contribution in [0.5, 0.6) is 0 Å². The molecule has 28 heavy (non-hydrogen) atoms. The van der Waals surface area contributed by atoms with E-state index >= 15 is 0 Å². The van der Waals surface area contributed by atoms with Gasteiger partial charge in [0.1, 0.15) is 36.6 Å². The average molecular weight is 403 g/mol. The van der Waals surface area contributed by atoms with E-state index < -0.39 is 55.7 Å². The molecular formula is C16H25N3O9. The van der Waals surface area contributed by atoms with E-state index in [1.807, 2.05) is 0 Å². The van der Waals surface area contributed by atoms with Crippen molar-refractivity contribution in [1.82, 2.24) is 15.0 Å². The van der Waals surface area contributed by atoms with Crippen molar-refractivity contribution in [2.24, 2.45) is 0 Å². The number of hydrogen-bond donors (Lipinski definition) is 6. The maximum atomic E-state index is 10.1. The summed E-state index contributed by atoms with van der Waals surface area (Å²) in [5, 5.41) is 65.5. The Bertz CT molecular complexity index is 655. The molecule has 8 atom stereocenters. The molecule has 0 amide bonds. The van der Waals surface area contributed by atoms with Gasteiger partial charge in [0.05, 0.1) is 31.7 Å². The predicted octanol–water partition coefficient (Wildman–Crippen LogP) is -3.56. The number of rotatable bonds is 7. The lowest BCUT2D eigenvalue weighted by Gasteiger charge is -2.39. The van der Waals surface area contributed by atoms with E-state index in [2.05, 4.69) is 10.3 Å². The number of ether oxygens (including phenoxy) is 3. The lowest BCUT2D eigenvalue weighted by atomic mass is 9.98. The summed E-state index contributed by atoms with van der Waals surface area (Å²) in [6, 6.07) is 0. The molecule has 0 spiro atoms.